The standard InChI is InChI=1S/C14H17N3/c1-8(2)12-7-11(14(15)16)10-6-4-5-9(3)13(10)17-12/h4-8H,1-3H3,(H3,15,16). The van der Waals surface area contributed by atoms with Crippen molar-refractivity contribution in [3.8, 4) is 0 Å². The highest BCUT2D eigenvalue weighted by molar-refractivity contribution is 6.07. The van der Waals surface area contributed by atoms with Gasteiger partial charge in [0.2, 0.25) is 0 Å². The van der Waals surface area contributed by atoms with Crippen LogP contribution in [0.1, 0.15) is 36.6 Å². The lowest BCUT2D eigenvalue weighted by atomic mass is 10.0. The van der Waals surface area contributed by atoms with Crippen LogP contribution < -0.4 is 5.73 Å². The molecule has 3 N–H and O–H groups in total. The first-order valence-electron chi connectivity index (χ1n) is 5.75. The smallest absolute Gasteiger partial charge is 0.123 e. The summed E-state index contributed by atoms with van der Waals surface area (Å²) < 4.78 is 0. The maximum absolute atomic E-state index is 7.68. The minimum atomic E-state index is 0.102. The van der Waals surface area contributed by atoms with E-state index in [0.717, 1.165) is 27.7 Å². The predicted molar refractivity (Wildman–Crippen MR) is 71.6 cm³/mol. The summed E-state index contributed by atoms with van der Waals surface area (Å²) in [5, 5.41) is 8.64. The van der Waals surface area contributed by atoms with Gasteiger partial charge in [0.1, 0.15) is 5.84 Å². The number of hydrogen-bond donors (Lipinski definition) is 2. The molecule has 1 aromatic carbocycles. The van der Waals surface area contributed by atoms with Crippen molar-refractivity contribution in [1.82, 2.24) is 4.98 Å². The molecule has 0 aliphatic carbocycles. The van der Waals surface area contributed by atoms with Gasteiger partial charge in [0.15, 0.2) is 0 Å². The Morgan fingerprint density at radius 1 is 1.35 bits per heavy atom. The summed E-state index contributed by atoms with van der Waals surface area (Å²) in [7, 11) is 0. The number of nitrogen functional groups attached to an aromatic ring is 1. The zero-order valence-corrected chi connectivity index (χ0v) is 10.4. The minimum Gasteiger partial charge on any atom is -0.384 e. The molecule has 3 nitrogen and oxygen atoms in total. The second kappa shape index (κ2) is 4.17. The zero-order valence-electron chi connectivity index (χ0n) is 10.4. The third kappa shape index (κ3) is 2.00. The van der Waals surface area contributed by atoms with Gasteiger partial charge in [-0.25, -0.2) is 0 Å². The fourth-order valence-electron chi connectivity index (χ4n) is 1.93. The van der Waals surface area contributed by atoms with E-state index in [-0.39, 0.29) is 5.84 Å². The Hall–Kier alpha value is -1.90. The van der Waals surface area contributed by atoms with Crippen molar-refractivity contribution in [2.24, 2.45) is 5.73 Å². The molecule has 0 saturated heterocycles. The number of aryl methyl sites for hydroxylation is 1. The summed E-state index contributed by atoms with van der Waals surface area (Å²) in [6, 6.07) is 7.90. The summed E-state index contributed by atoms with van der Waals surface area (Å²) in [6.07, 6.45) is 0. The molecule has 0 aliphatic rings. The van der Waals surface area contributed by atoms with Crippen LogP contribution in [0.5, 0.6) is 0 Å². The van der Waals surface area contributed by atoms with Crippen molar-refractivity contribution in [3.05, 3.63) is 41.1 Å². The van der Waals surface area contributed by atoms with Gasteiger partial charge in [-0.2, -0.15) is 0 Å². The SMILES string of the molecule is Cc1cccc2c(C(=N)N)cc(C(C)C)nc12. The molecule has 2 aromatic rings. The molecule has 17 heavy (non-hydrogen) atoms. The van der Waals surface area contributed by atoms with Gasteiger partial charge in [0.25, 0.3) is 0 Å². The molecule has 1 heterocycles. The normalized spacial score (nSPS) is 11.1. The lowest BCUT2D eigenvalue weighted by Gasteiger charge is -2.12. The topological polar surface area (TPSA) is 62.8 Å². The van der Waals surface area contributed by atoms with Crippen LogP contribution in [0, 0.1) is 12.3 Å². The van der Waals surface area contributed by atoms with Crippen molar-refractivity contribution in [2.45, 2.75) is 26.7 Å². The molecule has 3 heteroatoms. The van der Waals surface area contributed by atoms with E-state index in [4.69, 9.17) is 11.1 Å². The number of fused-ring (bicyclic) bond motifs is 1. The van der Waals surface area contributed by atoms with Gasteiger partial charge in [-0.3, -0.25) is 10.4 Å². The van der Waals surface area contributed by atoms with Crippen molar-refractivity contribution in [1.29, 1.82) is 5.41 Å². The molecule has 0 aliphatic heterocycles. The van der Waals surface area contributed by atoms with Gasteiger partial charge in [-0.05, 0) is 24.5 Å². The number of aromatic nitrogens is 1. The Labute approximate surface area is 101 Å². The van der Waals surface area contributed by atoms with Crippen LogP contribution >= 0.6 is 0 Å². The number of para-hydroxylation sites is 1. The number of pyridine rings is 1. The Kier molecular flexibility index (Phi) is 2.84. The van der Waals surface area contributed by atoms with Crippen LogP contribution in [0.3, 0.4) is 0 Å². The number of hydrogen-bond acceptors (Lipinski definition) is 2. The van der Waals surface area contributed by atoms with Gasteiger partial charge in [-0.15, -0.1) is 0 Å². The maximum Gasteiger partial charge on any atom is 0.123 e. The highest BCUT2D eigenvalue weighted by atomic mass is 14.7. The highest BCUT2D eigenvalue weighted by Crippen LogP contribution is 2.24. The molecule has 2 rings (SSSR count). The van der Waals surface area contributed by atoms with E-state index in [1.807, 2.05) is 31.2 Å². The summed E-state index contributed by atoms with van der Waals surface area (Å²) in [4.78, 5) is 4.67. The van der Waals surface area contributed by atoms with Gasteiger partial charge in [-0.1, -0.05) is 32.0 Å². The minimum absolute atomic E-state index is 0.102. The third-order valence-electron chi connectivity index (χ3n) is 2.94. The molecule has 0 atom stereocenters. The third-order valence-corrected chi connectivity index (χ3v) is 2.94. The Morgan fingerprint density at radius 3 is 2.65 bits per heavy atom. The summed E-state index contributed by atoms with van der Waals surface area (Å²) >= 11 is 0. The molecular weight excluding hydrogens is 210 g/mol. The summed E-state index contributed by atoms with van der Waals surface area (Å²) in [6.45, 7) is 6.22. The molecule has 0 spiro atoms. The number of nitrogens with two attached hydrogens (primary N) is 1. The Bertz CT molecular complexity index is 585. The first-order chi connectivity index (χ1) is 8.00. The first-order valence-corrected chi connectivity index (χ1v) is 5.75. The second-order valence-electron chi connectivity index (χ2n) is 4.63. The van der Waals surface area contributed by atoms with Crippen LogP contribution in [0.15, 0.2) is 24.3 Å². The van der Waals surface area contributed by atoms with E-state index in [9.17, 15) is 0 Å². The second-order valence-corrected chi connectivity index (χ2v) is 4.63. The van der Waals surface area contributed by atoms with Crippen LogP contribution in [0.2, 0.25) is 0 Å². The largest absolute Gasteiger partial charge is 0.384 e. The molecule has 1 aromatic heterocycles. The van der Waals surface area contributed by atoms with E-state index in [0.29, 0.717) is 5.92 Å². The van der Waals surface area contributed by atoms with Crippen LogP contribution in [0.4, 0.5) is 0 Å². The molecule has 0 radical (unpaired) electrons. The van der Waals surface area contributed by atoms with Crippen molar-refractivity contribution < 1.29 is 0 Å². The Balaban J connectivity index is 2.86. The molecule has 0 unspecified atom stereocenters. The lowest BCUT2D eigenvalue weighted by molar-refractivity contribution is 0.829. The molecular formula is C14H17N3. The summed E-state index contributed by atoms with van der Waals surface area (Å²) in [5.74, 6) is 0.432. The molecule has 0 saturated carbocycles. The van der Waals surface area contributed by atoms with E-state index < -0.39 is 0 Å². The van der Waals surface area contributed by atoms with Gasteiger partial charge < -0.3 is 5.73 Å². The van der Waals surface area contributed by atoms with E-state index in [1.54, 1.807) is 0 Å². The molecule has 0 fully saturated rings. The molecule has 0 bridgehead atoms. The summed E-state index contributed by atoms with van der Waals surface area (Å²) in [5.41, 5.74) is 9.48. The predicted octanol–water partition coefficient (Wildman–Crippen LogP) is 2.95. The van der Waals surface area contributed by atoms with Gasteiger partial charge in [0.05, 0.1) is 5.52 Å². The van der Waals surface area contributed by atoms with Crippen LogP contribution in [0.25, 0.3) is 10.9 Å². The average Bonchev–Trinajstić information content (AvgIpc) is 2.28. The van der Waals surface area contributed by atoms with Crippen molar-refractivity contribution in [3.63, 3.8) is 0 Å². The monoisotopic (exact) mass is 227 g/mol. The number of benzene rings is 1. The fraction of sp³-hybridized carbons (Fsp3) is 0.286. The lowest BCUT2D eigenvalue weighted by Crippen LogP contribution is -2.13. The first kappa shape index (κ1) is 11.6. The number of nitrogens with one attached hydrogen (secondary N) is 1. The van der Waals surface area contributed by atoms with E-state index >= 15 is 0 Å². The van der Waals surface area contributed by atoms with E-state index in [1.165, 1.54) is 0 Å². The van der Waals surface area contributed by atoms with Crippen LogP contribution in [-0.4, -0.2) is 10.8 Å². The van der Waals surface area contributed by atoms with E-state index in [2.05, 4.69) is 18.8 Å². The van der Waals surface area contributed by atoms with Crippen molar-refractivity contribution >= 4 is 16.7 Å². The molecule has 88 valence electrons. The highest BCUT2D eigenvalue weighted by Gasteiger charge is 2.11. The average molecular weight is 227 g/mol. The molecule has 0 amide bonds. The fourth-order valence-corrected chi connectivity index (χ4v) is 1.93. The Morgan fingerprint density at radius 2 is 2.06 bits per heavy atom. The maximum atomic E-state index is 7.68. The quantitative estimate of drug-likeness (QED) is 0.612. The van der Waals surface area contributed by atoms with Crippen molar-refractivity contribution in [2.75, 3.05) is 0 Å². The number of amidine groups is 1. The van der Waals surface area contributed by atoms with Gasteiger partial charge >= 0.3 is 0 Å². The zero-order chi connectivity index (χ0) is 12.6. The number of rotatable bonds is 2. The van der Waals surface area contributed by atoms with Crippen LogP contribution in [-0.2, 0) is 0 Å². The number of nitrogens with zero attached hydrogens (tertiary/aromatic N) is 1. The van der Waals surface area contributed by atoms with Gasteiger partial charge in [0, 0.05) is 16.6 Å².